The van der Waals surface area contributed by atoms with E-state index in [9.17, 15) is 19.2 Å². The Balaban J connectivity index is 1.72. The van der Waals surface area contributed by atoms with Crippen molar-refractivity contribution in [2.75, 3.05) is 6.54 Å². The van der Waals surface area contributed by atoms with E-state index in [0.29, 0.717) is 22.7 Å². The third kappa shape index (κ3) is 4.42. The molecule has 6 nitrogen and oxygen atoms in total. The second-order valence-electron chi connectivity index (χ2n) is 7.59. The summed E-state index contributed by atoms with van der Waals surface area (Å²) in [6, 6.07) is 7.64. The molecule has 1 aromatic carbocycles. The predicted octanol–water partition coefficient (Wildman–Crippen LogP) is 5.22. The summed E-state index contributed by atoms with van der Waals surface area (Å²) in [6.07, 6.45) is 0.897. The number of carbonyl (C=O) groups is 4. The molecule has 1 aliphatic carbocycles. The van der Waals surface area contributed by atoms with Crippen molar-refractivity contribution < 1.29 is 19.2 Å². The molecule has 11 heteroatoms. The highest BCUT2D eigenvalue weighted by atomic mass is 79.9. The molecule has 3 amide bonds. The average molecular weight is 623 g/mol. The van der Waals surface area contributed by atoms with E-state index in [1.54, 1.807) is 17.5 Å². The van der Waals surface area contributed by atoms with Gasteiger partial charge in [-0.2, -0.15) is 5.01 Å². The van der Waals surface area contributed by atoms with Gasteiger partial charge in [0, 0.05) is 14.7 Å². The predicted molar refractivity (Wildman–Crippen MR) is 130 cm³/mol. The fraction of sp³-hybridized carbons (Fsp3) is 0.333. The lowest BCUT2D eigenvalue weighted by molar-refractivity contribution is -0.154. The average Bonchev–Trinajstić information content (AvgIpc) is 3.35. The van der Waals surface area contributed by atoms with Crippen LogP contribution in [-0.4, -0.2) is 49.7 Å². The minimum atomic E-state index is -0.720. The van der Waals surface area contributed by atoms with E-state index in [1.165, 1.54) is 29.5 Å². The maximum Gasteiger partial charge on any atom is 0.274 e. The third-order valence-corrected chi connectivity index (χ3v) is 9.81. The zero-order valence-electron chi connectivity index (χ0n) is 16.3. The molecule has 0 spiro atoms. The Morgan fingerprint density at radius 2 is 1.69 bits per heavy atom. The number of carbonyl (C=O) groups excluding carboxylic acids is 4. The number of imide groups is 1. The first-order valence-electron chi connectivity index (χ1n) is 9.68. The number of rotatable bonds is 5. The van der Waals surface area contributed by atoms with Gasteiger partial charge in [0.25, 0.3) is 17.7 Å². The van der Waals surface area contributed by atoms with E-state index < -0.39 is 36.1 Å². The maximum atomic E-state index is 13.5. The molecular formula is C21H16Br2Cl2N2O4S. The highest BCUT2D eigenvalue weighted by molar-refractivity contribution is 9.12. The lowest BCUT2D eigenvalue weighted by atomic mass is 9.81. The Morgan fingerprint density at radius 3 is 2.22 bits per heavy atom. The van der Waals surface area contributed by atoms with Crippen molar-refractivity contribution in [1.29, 1.82) is 0 Å². The van der Waals surface area contributed by atoms with Gasteiger partial charge in [-0.15, -0.1) is 11.3 Å². The number of hydrazine groups is 1. The van der Waals surface area contributed by atoms with Crippen LogP contribution in [0.15, 0.2) is 35.7 Å². The molecule has 0 N–H and O–H groups in total. The summed E-state index contributed by atoms with van der Waals surface area (Å²) in [6.45, 7) is -0.468. The molecule has 1 saturated carbocycles. The van der Waals surface area contributed by atoms with Crippen LogP contribution in [-0.2, 0) is 9.59 Å². The first-order valence-corrected chi connectivity index (χ1v) is 13.1. The van der Waals surface area contributed by atoms with Crippen molar-refractivity contribution in [1.82, 2.24) is 10.0 Å². The van der Waals surface area contributed by atoms with Crippen LogP contribution in [0.25, 0.3) is 0 Å². The molecular weight excluding hydrogens is 607 g/mol. The standard InChI is InChI=1S/C21H16Br2Cl2N2O4S/c22-14-7-12-13(8-15(14)23)21(31)27(20(12)30)26(9-17(28)18-2-1-5-32-18)19(29)11-4-3-10(24)6-16(11)25/h1-6,12-15H,7-9H2/t12-,13-,14+,15+/m1/s1. The van der Waals surface area contributed by atoms with Crippen molar-refractivity contribution in [2.45, 2.75) is 22.5 Å². The molecule has 4 rings (SSSR count). The van der Waals surface area contributed by atoms with Crippen molar-refractivity contribution in [3.05, 3.63) is 56.2 Å². The number of benzene rings is 1. The number of hydrogen-bond acceptors (Lipinski definition) is 5. The Kier molecular flexibility index (Phi) is 7.12. The van der Waals surface area contributed by atoms with Crippen LogP contribution in [0.2, 0.25) is 10.0 Å². The molecule has 1 aliphatic heterocycles. The van der Waals surface area contributed by atoms with Gasteiger partial charge < -0.3 is 0 Å². The number of thiophene rings is 1. The number of Topliss-reactive ketones (excluding diaryl/α,β-unsaturated/α-hetero) is 1. The first-order chi connectivity index (χ1) is 15.2. The van der Waals surface area contributed by atoms with Gasteiger partial charge in [0.2, 0.25) is 0 Å². The summed E-state index contributed by atoms with van der Waals surface area (Å²) < 4.78 is 0. The number of ketones is 1. The summed E-state index contributed by atoms with van der Waals surface area (Å²) in [4.78, 5) is 53.4. The van der Waals surface area contributed by atoms with Gasteiger partial charge in [-0.1, -0.05) is 61.1 Å². The number of alkyl halides is 2. The minimum absolute atomic E-state index is 0.0167. The highest BCUT2D eigenvalue weighted by Crippen LogP contribution is 2.44. The summed E-state index contributed by atoms with van der Waals surface area (Å²) in [5, 5.41) is 3.90. The summed E-state index contributed by atoms with van der Waals surface area (Å²) in [5.74, 6) is -3.20. The summed E-state index contributed by atoms with van der Waals surface area (Å²) in [7, 11) is 0. The minimum Gasteiger partial charge on any atom is -0.291 e. The maximum absolute atomic E-state index is 13.5. The Bertz CT molecular complexity index is 1070. The van der Waals surface area contributed by atoms with E-state index in [1.807, 2.05) is 0 Å². The molecule has 168 valence electrons. The van der Waals surface area contributed by atoms with Crippen LogP contribution in [0.5, 0.6) is 0 Å². The Labute approximate surface area is 215 Å². The molecule has 2 heterocycles. The number of hydrogen-bond donors (Lipinski definition) is 0. The molecule has 1 saturated heterocycles. The normalized spacial score (nSPS) is 25.1. The van der Waals surface area contributed by atoms with Crippen molar-refractivity contribution in [3.8, 4) is 0 Å². The van der Waals surface area contributed by atoms with Crippen LogP contribution in [0.4, 0.5) is 0 Å². The summed E-state index contributed by atoms with van der Waals surface area (Å²) in [5.41, 5.74) is 0.0438. The smallest absolute Gasteiger partial charge is 0.274 e. The number of amides is 3. The van der Waals surface area contributed by atoms with E-state index in [0.717, 1.165) is 10.0 Å². The van der Waals surface area contributed by atoms with Crippen LogP contribution < -0.4 is 0 Å². The highest BCUT2D eigenvalue weighted by Gasteiger charge is 2.54. The Hall–Kier alpha value is -1.26. The molecule has 2 fully saturated rings. The number of nitrogens with zero attached hydrogens (tertiary/aromatic N) is 2. The quantitative estimate of drug-likeness (QED) is 0.261. The van der Waals surface area contributed by atoms with Gasteiger partial charge in [-0.25, -0.2) is 5.01 Å². The molecule has 2 aliphatic rings. The molecule has 2 aromatic rings. The molecule has 0 radical (unpaired) electrons. The van der Waals surface area contributed by atoms with Crippen molar-refractivity contribution >= 4 is 89.9 Å². The molecule has 0 unspecified atom stereocenters. The summed E-state index contributed by atoms with van der Waals surface area (Å²) >= 11 is 20.5. The van der Waals surface area contributed by atoms with Gasteiger partial charge in [0.15, 0.2) is 5.78 Å². The van der Waals surface area contributed by atoms with Gasteiger partial charge in [-0.05, 0) is 42.5 Å². The van der Waals surface area contributed by atoms with Crippen molar-refractivity contribution in [2.24, 2.45) is 11.8 Å². The number of fused-ring (bicyclic) bond motifs is 1. The topological polar surface area (TPSA) is 74.8 Å². The van der Waals surface area contributed by atoms with E-state index in [4.69, 9.17) is 23.2 Å². The zero-order valence-corrected chi connectivity index (χ0v) is 21.8. The monoisotopic (exact) mass is 620 g/mol. The van der Waals surface area contributed by atoms with Crippen LogP contribution in [0, 0.1) is 11.8 Å². The number of halogens is 4. The molecule has 32 heavy (non-hydrogen) atoms. The second kappa shape index (κ2) is 9.54. The van der Waals surface area contributed by atoms with Crippen LogP contribution in [0.3, 0.4) is 0 Å². The fourth-order valence-electron chi connectivity index (χ4n) is 4.00. The van der Waals surface area contributed by atoms with Gasteiger partial charge in [-0.3, -0.25) is 19.2 Å². The first kappa shape index (κ1) is 23.9. The largest absolute Gasteiger partial charge is 0.291 e. The molecule has 1 aromatic heterocycles. The van der Waals surface area contributed by atoms with Gasteiger partial charge >= 0.3 is 0 Å². The van der Waals surface area contributed by atoms with Gasteiger partial charge in [0.1, 0.15) is 6.54 Å². The lowest BCUT2D eigenvalue weighted by Gasteiger charge is -2.30. The molecule has 4 atom stereocenters. The van der Waals surface area contributed by atoms with Crippen LogP contribution >= 0.6 is 66.4 Å². The Morgan fingerprint density at radius 1 is 1.06 bits per heavy atom. The lowest BCUT2D eigenvalue weighted by Crippen LogP contribution is -2.52. The third-order valence-electron chi connectivity index (χ3n) is 5.62. The van der Waals surface area contributed by atoms with Gasteiger partial charge in [0.05, 0.1) is 27.3 Å². The molecule has 0 bridgehead atoms. The van der Waals surface area contributed by atoms with E-state index >= 15 is 0 Å². The van der Waals surface area contributed by atoms with Crippen molar-refractivity contribution in [3.63, 3.8) is 0 Å². The fourth-order valence-corrected chi connectivity index (χ4v) is 6.39. The SMILES string of the molecule is O=C(CN(C(=O)c1ccc(Cl)cc1Cl)N1C(=O)[C@@H]2C[C@H](Br)[C@@H](Br)C[C@H]2C1=O)c1cccs1. The second-order valence-corrected chi connectivity index (χ2v) is 11.7. The zero-order chi connectivity index (χ0) is 23.2. The van der Waals surface area contributed by atoms with E-state index in [-0.39, 0.29) is 26.0 Å². The van der Waals surface area contributed by atoms with Crippen LogP contribution in [0.1, 0.15) is 32.9 Å². The van der Waals surface area contributed by atoms with E-state index in [2.05, 4.69) is 31.9 Å².